The molecule has 0 aliphatic heterocycles. The highest BCUT2D eigenvalue weighted by molar-refractivity contribution is 9.10. The van der Waals surface area contributed by atoms with Gasteiger partial charge in [-0.1, -0.05) is 30.5 Å². The molecule has 0 spiro atoms. The maximum Gasteiger partial charge on any atom is 0.415 e. The zero-order valence-corrected chi connectivity index (χ0v) is 27.1. The summed E-state index contributed by atoms with van der Waals surface area (Å²) >= 11 is 13.5. The van der Waals surface area contributed by atoms with Crippen molar-refractivity contribution in [3.8, 4) is 0 Å². The average molecular weight is 657 g/mol. The largest absolute Gasteiger partial charge is 0.444 e. The molecule has 1 aliphatic rings. The molecule has 2 atom stereocenters. The first kappa shape index (κ1) is 30.1. The maximum absolute atomic E-state index is 13.5. The minimum atomic E-state index is -0.662. The monoisotopic (exact) mass is 655 g/mol. The van der Waals surface area contributed by atoms with Gasteiger partial charge in [0.25, 0.3) is 0 Å². The quantitative estimate of drug-likeness (QED) is 0.277. The van der Waals surface area contributed by atoms with Gasteiger partial charge < -0.3 is 14.8 Å². The Kier molecular flexibility index (Phi) is 9.20. The number of hydrogen-bond acceptors (Lipinski definition) is 7. The number of pyridine rings is 1. The Bertz CT molecular complexity index is 1330. The first-order valence-corrected chi connectivity index (χ1v) is 15.9. The van der Waals surface area contributed by atoms with E-state index >= 15 is 0 Å². The number of carbonyl (C=O) groups excluding carboxylic acids is 2. The van der Waals surface area contributed by atoms with Gasteiger partial charge in [0.2, 0.25) is 0 Å². The summed E-state index contributed by atoms with van der Waals surface area (Å²) in [6.45, 7) is 11.5. The molecule has 0 radical (unpaired) electrons. The molecule has 1 saturated carbocycles. The molecule has 4 rings (SSSR count). The molecule has 1 aliphatic carbocycles. The number of nitrogens with one attached hydrogen (secondary N) is 1. The fraction of sp³-hybridized carbons (Fsp3) is 0.536. The predicted octanol–water partition coefficient (Wildman–Crippen LogP) is 9.27. The lowest BCUT2D eigenvalue weighted by molar-refractivity contribution is 0.0484. The Morgan fingerprint density at radius 3 is 2.49 bits per heavy atom. The molecule has 39 heavy (non-hydrogen) atoms. The summed E-state index contributed by atoms with van der Waals surface area (Å²) in [5, 5.41) is 5.38. The van der Waals surface area contributed by atoms with Crippen LogP contribution in [0.25, 0.3) is 10.2 Å². The average Bonchev–Trinajstić information content (AvgIpc) is 3.43. The Balaban J connectivity index is 1.76. The third kappa shape index (κ3) is 7.65. The molecule has 2 amide bonds. The van der Waals surface area contributed by atoms with Crippen molar-refractivity contribution in [1.29, 1.82) is 0 Å². The summed E-state index contributed by atoms with van der Waals surface area (Å²) < 4.78 is 13.0. The second-order valence-electron chi connectivity index (χ2n) is 11.7. The number of fused-ring (bicyclic) bond motifs is 1. The topological polar surface area (TPSA) is 80.8 Å². The van der Waals surface area contributed by atoms with Gasteiger partial charge in [0.1, 0.15) is 16.4 Å². The Hall–Kier alpha value is -1.88. The third-order valence-electron chi connectivity index (χ3n) is 6.16. The molecule has 0 saturated heterocycles. The van der Waals surface area contributed by atoms with E-state index < -0.39 is 23.4 Å². The third-order valence-corrected chi connectivity index (χ3v) is 9.62. The van der Waals surface area contributed by atoms with Crippen molar-refractivity contribution in [3.05, 3.63) is 43.0 Å². The highest BCUT2D eigenvalue weighted by Gasteiger charge is 2.34. The Morgan fingerprint density at radius 2 is 1.85 bits per heavy atom. The molecule has 1 fully saturated rings. The second kappa shape index (κ2) is 11.9. The number of aromatic nitrogens is 1. The molecular formula is C28H35BrClN3O4S2. The molecule has 3 aromatic rings. The van der Waals surface area contributed by atoms with Crippen molar-refractivity contribution in [2.45, 2.75) is 96.9 Å². The van der Waals surface area contributed by atoms with Crippen LogP contribution >= 0.6 is 50.2 Å². The van der Waals surface area contributed by atoms with Gasteiger partial charge in [0.15, 0.2) is 0 Å². The van der Waals surface area contributed by atoms with Crippen molar-refractivity contribution in [3.63, 3.8) is 0 Å². The van der Waals surface area contributed by atoms with Crippen molar-refractivity contribution < 1.29 is 19.1 Å². The molecule has 11 heteroatoms. The second-order valence-corrected chi connectivity index (χ2v) is 15.0. The van der Waals surface area contributed by atoms with E-state index in [1.807, 2.05) is 59.1 Å². The van der Waals surface area contributed by atoms with Crippen molar-refractivity contribution in [2.24, 2.45) is 0 Å². The van der Waals surface area contributed by atoms with Crippen LogP contribution in [0.5, 0.6) is 0 Å². The van der Waals surface area contributed by atoms with Crippen LogP contribution in [0, 0.1) is 0 Å². The van der Waals surface area contributed by atoms with Crippen LogP contribution in [0.2, 0.25) is 5.15 Å². The van der Waals surface area contributed by atoms with Crippen LogP contribution in [-0.2, 0) is 16.0 Å². The number of alkyl carbamates (subject to hydrolysis) is 1. The minimum Gasteiger partial charge on any atom is -0.444 e. The number of anilines is 1. The molecule has 2 unspecified atom stereocenters. The number of halogens is 2. The van der Waals surface area contributed by atoms with E-state index in [0.717, 1.165) is 44.6 Å². The van der Waals surface area contributed by atoms with E-state index in [0.29, 0.717) is 17.7 Å². The summed E-state index contributed by atoms with van der Waals surface area (Å²) in [4.78, 5) is 34.5. The summed E-state index contributed by atoms with van der Waals surface area (Å²) in [5.41, 5.74) is 0.108. The summed E-state index contributed by atoms with van der Waals surface area (Å²) in [5.74, 6) is 0.0683. The van der Waals surface area contributed by atoms with E-state index in [2.05, 4.69) is 26.2 Å². The van der Waals surface area contributed by atoms with Crippen LogP contribution in [0.4, 0.5) is 15.3 Å². The Morgan fingerprint density at radius 1 is 1.15 bits per heavy atom. The number of thiophene rings is 2. The van der Waals surface area contributed by atoms with E-state index in [-0.39, 0.29) is 17.1 Å². The lowest BCUT2D eigenvalue weighted by atomic mass is 9.83. The van der Waals surface area contributed by atoms with Gasteiger partial charge in [0.05, 0.1) is 26.9 Å². The van der Waals surface area contributed by atoms with E-state index in [4.69, 9.17) is 21.1 Å². The van der Waals surface area contributed by atoms with Gasteiger partial charge in [-0.25, -0.2) is 14.6 Å². The van der Waals surface area contributed by atoms with Crippen molar-refractivity contribution >= 4 is 78.3 Å². The molecule has 3 aromatic heterocycles. The fourth-order valence-corrected chi connectivity index (χ4v) is 7.84. The van der Waals surface area contributed by atoms with Crippen LogP contribution in [-0.4, -0.2) is 34.4 Å². The first-order chi connectivity index (χ1) is 18.2. The number of ether oxygens (including phenoxy) is 2. The fourth-order valence-electron chi connectivity index (χ4n) is 4.65. The number of rotatable bonds is 5. The van der Waals surface area contributed by atoms with E-state index in [1.165, 1.54) is 0 Å². The van der Waals surface area contributed by atoms with Crippen molar-refractivity contribution in [2.75, 3.05) is 4.90 Å². The van der Waals surface area contributed by atoms with E-state index in [1.54, 1.807) is 33.6 Å². The van der Waals surface area contributed by atoms with Crippen LogP contribution in [0.1, 0.15) is 82.9 Å². The van der Waals surface area contributed by atoms with Gasteiger partial charge in [0, 0.05) is 27.8 Å². The molecule has 0 aromatic carbocycles. The molecular weight excluding hydrogens is 622 g/mol. The maximum atomic E-state index is 13.5. The smallest absolute Gasteiger partial charge is 0.415 e. The first-order valence-electron chi connectivity index (χ1n) is 13.0. The lowest BCUT2D eigenvalue weighted by Crippen LogP contribution is -2.43. The SMILES string of the molecule is CC(C)(C)OC(=O)NC1CCCCC1c1sc2c(N(Cc3cccs3)C(=O)OC(C)(C)C)cc(Cl)nc2c1Br. The number of hydrogen-bond donors (Lipinski definition) is 1. The molecule has 212 valence electrons. The zero-order valence-electron chi connectivity index (χ0n) is 23.1. The number of amides is 2. The molecule has 1 N–H and O–H groups in total. The predicted molar refractivity (Wildman–Crippen MR) is 163 cm³/mol. The summed E-state index contributed by atoms with van der Waals surface area (Å²) in [6.07, 6.45) is 3.00. The van der Waals surface area contributed by atoms with Crippen molar-refractivity contribution in [1.82, 2.24) is 10.3 Å². The summed E-state index contributed by atoms with van der Waals surface area (Å²) in [7, 11) is 0. The lowest BCUT2D eigenvalue weighted by Gasteiger charge is -2.32. The van der Waals surface area contributed by atoms with Gasteiger partial charge in [-0.15, -0.1) is 22.7 Å². The summed E-state index contributed by atoms with van der Waals surface area (Å²) in [6, 6.07) is 5.60. The highest BCUT2D eigenvalue weighted by Crippen LogP contribution is 2.48. The molecule has 0 bridgehead atoms. The van der Waals surface area contributed by atoms with Crippen LogP contribution in [0.15, 0.2) is 28.1 Å². The number of carbonyl (C=O) groups is 2. The number of nitrogens with zero attached hydrogens (tertiary/aromatic N) is 2. The van der Waals surface area contributed by atoms with Crippen LogP contribution in [0.3, 0.4) is 0 Å². The minimum absolute atomic E-state index is 0.0683. The molecule has 7 nitrogen and oxygen atoms in total. The Labute approximate surface area is 251 Å². The van der Waals surface area contributed by atoms with E-state index in [9.17, 15) is 9.59 Å². The van der Waals surface area contributed by atoms with Gasteiger partial charge in [-0.2, -0.15) is 0 Å². The van der Waals surface area contributed by atoms with Crippen LogP contribution < -0.4 is 10.2 Å². The van der Waals surface area contributed by atoms with Gasteiger partial charge >= 0.3 is 12.2 Å². The molecule has 3 heterocycles. The van der Waals surface area contributed by atoms with Gasteiger partial charge in [-0.3, -0.25) is 4.90 Å². The normalized spacial score (nSPS) is 18.2. The zero-order chi connectivity index (χ0) is 28.5. The van der Waals surface area contributed by atoms with Gasteiger partial charge in [-0.05, 0) is 81.8 Å². The standard InChI is InChI=1S/C28H35BrClN3O4S2/c1-27(2,3)36-25(34)31-18-12-8-7-11-17(18)23-21(29)22-24(39-23)19(14-20(30)32-22)33(15-16-10-9-13-38-16)26(35)37-28(4,5)6/h9-10,13-14,17-18H,7-8,11-12,15H2,1-6H3,(H,31,34). The highest BCUT2D eigenvalue weighted by atomic mass is 79.9.